The number of carboxylic acid groups (broad SMARTS) is 1. The van der Waals surface area contributed by atoms with Crippen molar-refractivity contribution in [3.8, 4) is 0 Å². The smallest absolute Gasteiger partial charge is 0.407 e. The number of piperidine rings is 1. The molecule has 1 unspecified atom stereocenters. The predicted octanol–water partition coefficient (Wildman–Crippen LogP) is 3.01. The molecule has 0 radical (unpaired) electrons. The van der Waals surface area contributed by atoms with E-state index < -0.39 is 23.7 Å². The van der Waals surface area contributed by atoms with Crippen LogP contribution in [0.1, 0.15) is 76.9 Å². The Morgan fingerprint density at radius 3 is 2.40 bits per heavy atom. The molecule has 0 aliphatic carbocycles. The van der Waals surface area contributed by atoms with Crippen molar-refractivity contribution in [3.63, 3.8) is 0 Å². The molecule has 2 fully saturated rings. The zero-order valence-electron chi connectivity index (χ0n) is 23.0. The first kappa shape index (κ1) is 26.8. The molecule has 2 bridgehead atoms. The molecule has 0 aromatic heterocycles. The number of rotatable bonds is 4. The molecule has 9 nitrogen and oxygen atoms in total. The molecule has 2 saturated heterocycles. The monoisotopic (exact) mass is 547 g/mol. The highest BCUT2D eigenvalue weighted by molar-refractivity contribution is 6.00. The van der Waals surface area contributed by atoms with Gasteiger partial charge in [-0.05, 0) is 67.0 Å². The molecular formula is C31H37N3O6. The van der Waals surface area contributed by atoms with Gasteiger partial charge < -0.3 is 25.1 Å². The molecule has 4 aliphatic heterocycles. The number of amides is 3. The number of hydrogen-bond donors (Lipinski definition) is 3. The van der Waals surface area contributed by atoms with Crippen LogP contribution in [-0.4, -0.2) is 91.3 Å². The van der Waals surface area contributed by atoms with Crippen LogP contribution in [0.3, 0.4) is 0 Å². The minimum Gasteiger partial charge on any atom is -0.465 e. The average Bonchev–Trinajstić information content (AvgIpc) is 3.20. The molecule has 9 heteroatoms. The average molecular weight is 548 g/mol. The highest BCUT2D eigenvalue weighted by atomic mass is 16.4. The van der Waals surface area contributed by atoms with Crippen molar-refractivity contribution in [1.29, 1.82) is 0 Å². The van der Waals surface area contributed by atoms with Crippen LogP contribution in [-0.2, 0) is 18.4 Å². The van der Waals surface area contributed by atoms with Gasteiger partial charge in [0.2, 0.25) is 0 Å². The van der Waals surface area contributed by atoms with E-state index in [2.05, 4.69) is 0 Å². The van der Waals surface area contributed by atoms with Gasteiger partial charge in [-0.3, -0.25) is 14.5 Å². The van der Waals surface area contributed by atoms with Gasteiger partial charge in [-0.25, -0.2) is 4.79 Å². The van der Waals surface area contributed by atoms with Crippen LogP contribution in [0.4, 0.5) is 4.79 Å². The Hall–Kier alpha value is -3.43. The van der Waals surface area contributed by atoms with Crippen molar-refractivity contribution in [3.05, 3.63) is 70.3 Å². The summed E-state index contributed by atoms with van der Waals surface area (Å²) in [5, 5.41) is 31.3. The van der Waals surface area contributed by atoms with E-state index in [-0.39, 0.29) is 43.1 Å². The first-order chi connectivity index (χ1) is 19.0. The van der Waals surface area contributed by atoms with E-state index in [0.29, 0.717) is 36.9 Å². The Bertz CT molecular complexity index is 1340. The second-order valence-electron chi connectivity index (χ2n) is 12.6. The molecular weight excluding hydrogens is 510 g/mol. The summed E-state index contributed by atoms with van der Waals surface area (Å²) in [7, 11) is 0. The largest absolute Gasteiger partial charge is 0.465 e. The Morgan fingerprint density at radius 2 is 1.73 bits per heavy atom. The second-order valence-corrected chi connectivity index (χ2v) is 12.6. The zero-order valence-corrected chi connectivity index (χ0v) is 23.0. The van der Waals surface area contributed by atoms with Gasteiger partial charge >= 0.3 is 6.09 Å². The number of nitrogens with zero attached hydrogens (tertiary/aromatic N) is 3. The maximum Gasteiger partial charge on any atom is 0.407 e. The lowest BCUT2D eigenvalue weighted by atomic mass is 9.77. The van der Waals surface area contributed by atoms with E-state index in [1.807, 2.05) is 49.1 Å². The van der Waals surface area contributed by atoms with Crippen LogP contribution in [0.2, 0.25) is 0 Å². The standard InChI is InChI=1S/C31H37N3O6/c1-31(2)17-32(16-27(36)26-12-18-5-3-4-6-20(18)15-33(26)30(39)40)29(38)24-10-7-19(11-25(24)31)28(37)34-21-8-9-22(34)14-23(35)13-21/h3-7,10-11,21-23,26-27,35-36H,8-9,12-17H2,1-2H3,(H,39,40)/t21-,22+,23?,26-,27+/m0/s1. The first-order valence-electron chi connectivity index (χ1n) is 14.2. The molecule has 6 rings (SSSR count). The molecule has 0 spiro atoms. The van der Waals surface area contributed by atoms with Crippen LogP contribution in [0.5, 0.6) is 0 Å². The van der Waals surface area contributed by atoms with Crippen molar-refractivity contribution in [2.75, 3.05) is 13.1 Å². The lowest BCUT2D eigenvalue weighted by Gasteiger charge is -2.43. The SMILES string of the molecule is CC1(C)CN(C[C@@H](O)[C@@H]2Cc3ccccc3CN2C(=O)O)C(=O)c2ccc(C(=O)N3[C@@H]4CC[C@H]3CC(O)C4)cc21. The number of aliphatic hydroxyl groups is 2. The maximum atomic E-state index is 13.6. The van der Waals surface area contributed by atoms with Gasteiger partial charge in [0.15, 0.2) is 0 Å². The van der Waals surface area contributed by atoms with Crippen LogP contribution >= 0.6 is 0 Å². The van der Waals surface area contributed by atoms with Gasteiger partial charge in [-0.1, -0.05) is 38.1 Å². The summed E-state index contributed by atoms with van der Waals surface area (Å²) in [5.41, 5.74) is 3.31. The molecule has 4 heterocycles. The Balaban J connectivity index is 1.22. The van der Waals surface area contributed by atoms with E-state index in [4.69, 9.17) is 0 Å². The third-order valence-electron chi connectivity index (χ3n) is 9.43. The van der Waals surface area contributed by atoms with Crippen molar-refractivity contribution < 1.29 is 29.7 Å². The summed E-state index contributed by atoms with van der Waals surface area (Å²) in [5.74, 6) is -0.277. The maximum absolute atomic E-state index is 13.6. The molecule has 40 heavy (non-hydrogen) atoms. The van der Waals surface area contributed by atoms with Gasteiger partial charge in [0.05, 0.1) is 18.2 Å². The third-order valence-corrected chi connectivity index (χ3v) is 9.43. The zero-order chi connectivity index (χ0) is 28.3. The summed E-state index contributed by atoms with van der Waals surface area (Å²) in [6, 6.07) is 12.4. The Morgan fingerprint density at radius 1 is 1.05 bits per heavy atom. The molecule has 0 saturated carbocycles. The number of benzene rings is 2. The lowest BCUT2D eigenvalue weighted by molar-refractivity contribution is 0.0132. The van der Waals surface area contributed by atoms with Gasteiger partial charge in [0, 0.05) is 48.3 Å². The van der Waals surface area contributed by atoms with E-state index in [1.165, 1.54) is 4.90 Å². The van der Waals surface area contributed by atoms with Crippen LogP contribution in [0.25, 0.3) is 0 Å². The van der Waals surface area contributed by atoms with Gasteiger partial charge in [0.25, 0.3) is 11.8 Å². The van der Waals surface area contributed by atoms with Crippen LogP contribution in [0.15, 0.2) is 42.5 Å². The summed E-state index contributed by atoms with van der Waals surface area (Å²) in [4.78, 5) is 44.1. The van der Waals surface area contributed by atoms with Gasteiger partial charge in [0.1, 0.15) is 0 Å². The predicted molar refractivity (Wildman–Crippen MR) is 147 cm³/mol. The van der Waals surface area contributed by atoms with E-state index in [0.717, 1.165) is 29.5 Å². The quantitative estimate of drug-likeness (QED) is 0.541. The van der Waals surface area contributed by atoms with Crippen molar-refractivity contribution in [2.45, 2.75) is 88.2 Å². The van der Waals surface area contributed by atoms with E-state index >= 15 is 0 Å². The highest BCUT2D eigenvalue weighted by Crippen LogP contribution is 2.39. The van der Waals surface area contributed by atoms with Crippen molar-refractivity contribution in [2.24, 2.45) is 0 Å². The lowest BCUT2D eigenvalue weighted by Crippen LogP contribution is -2.56. The molecule has 4 aliphatic rings. The minimum atomic E-state index is -1.09. The highest BCUT2D eigenvalue weighted by Gasteiger charge is 2.44. The second kappa shape index (κ2) is 9.89. The molecule has 2 aromatic carbocycles. The van der Waals surface area contributed by atoms with Crippen molar-refractivity contribution in [1.82, 2.24) is 14.7 Å². The fraction of sp³-hybridized carbons (Fsp3) is 0.516. The number of hydrogen-bond acceptors (Lipinski definition) is 5. The van der Waals surface area contributed by atoms with E-state index in [1.54, 1.807) is 17.0 Å². The molecule has 212 valence electrons. The number of aliphatic hydroxyl groups excluding tert-OH is 2. The summed E-state index contributed by atoms with van der Waals surface area (Å²) in [6.07, 6.45) is 0.915. The first-order valence-corrected chi connectivity index (χ1v) is 14.2. The van der Waals surface area contributed by atoms with Gasteiger partial charge in [-0.2, -0.15) is 0 Å². The summed E-state index contributed by atoms with van der Waals surface area (Å²) < 4.78 is 0. The topological polar surface area (TPSA) is 122 Å². The minimum absolute atomic E-state index is 0.0124. The third kappa shape index (κ3) is 4.55. The Labute approximate surface area is 234 Å². The number of β-amino-alcohol motifs (C(OH)–C–C–N with tert-alkyl or cyclic N) is 1. The fourth-order valence-corrected chi connectivity index (χ4v) is 7.45. The van der Waals surface area contributed by atoms with Crippen LogP contribution in [0, 0.1) is 0 Å². The van der Waals surface area contributed by atoms with Crippen molar-refractivity contribution >= 4 is 17.9 Å². The molecule has 2 aromatic rings. The summed E-state index contributed by atoms with van der Waals surface area (Å²) in [6.45, 7) is 4.59. The fourth-order valence-electron chi connectivity index (χ4n) is 7.45. The van der Waals surface area contributed by atoms with Gasteiger partial charge in [-0.15, -0.1) is 0 Å². The number of carbonyl (C=O) groups is 3. The molecule has 3 N–H and O–H groups in total. The summed E-state index contributed by atoms with van der Waals surface area (Å²) >= 11 is 0. The number of carbonyl (C=O) groups excluding carboxylic acids is 2. The van der Waals surface area contributed by atoms with E-state index in [9.17, 15) is 29.7 Å². The Kier molecular flexibility index (Phi) is 6.62. The molecule has 3 amide bonds. The molecule has 5 atom stereocenters. The number of fused-ring (bicyclic) bond motifs is 4. The normalized spacial score (nSPS) is 27.7. The van der Waals surface area contributed by atoms with Crippen LogP contribution < -0.4 is 0 Å².